The van der Waals surface area contributed by atoms with Gasteiger partial charge in [0.2, 0.25) is 0 Å². The van der Waals surface area contributed by atoms with Gasteiger partial charge in [0.1, 0.15) is 5.75 Å². The third-order valence-electron chi connectivity index (χ3n) is 4.00. The zero-order valence-electron chi connectivity index (χ0n) is 13.0. The first-order valence-corrected chi connectivity index (χ1v) is 7.37. The molecule has 3 nitrogen and oxygen atoms in total. The summed E-state index contributed by atoms with van der Waals surface area (Å²) in [7, 11) is 1.63. The molecule has 1 aliphatic rings. The predicted octanol–water partition coefficient (Wildman–Crippen LogP) is 3.18. The summed E-state index contributed by atoms with van der Waals surface area (Å²) in [4.78, 5) is 12.7. The van der Waals surface area contributed by atoms with E-state index in [1.165, 1.54) is 5.56 Å². The van der Waals surface area contributed by atoms with Gasteiger partial charge in [-0.3, -0.25) is 4.79 Å². The van der Waals surface area contributed by atoms with Crippen LogP contribution in [0.15, 0.2) is 18.2 Å². The van der Waals surface area contributed by atoms with Crippen molar-refractivity contribution in [2.75, 3.05) is 20.2 Å². The molecule has 1 aromatic carbocycles. The molecule has 1 aliphatic heterocycles. The number of Topliss-reactive ketones (excluding diaryl/α,β-unsaturated/α-hetero) is 1. The molecule has 0 aliphatic carbocycles. The minimum absolute atomic E-state index is 0.0338. The van der Waals surface area contributed by atoms with Gasteiger partial charge < -0.3 is 10.1 Å². The molecule has 1 aromatic rings. The number of carbonyl (C=O) groups excluding carboxylic acids is 1. The molecule has 20 heavy (non-hydrogen) atoms. The number of ketones is 1. The summed E-state index contributed by atoms with van der Waals surface area (Å²) in [6.07, 6.45) is 2.03. The fourth-order valence-corrected chi connectivity index (χ4v) is 2.66. The Balaban J connectivity index is 2.34. The molecule has 0 bridgehead atoms. The van der Waals surface area contributed by atoms with Gasteiger partial charge in [-0.25, -0.2) is 0 Å². The van der Waals surface area contributed by atoms with Crippen LogP contribution in [0.25, 0.3) is 0 Å². The number of rotatable bonds is 3. The van der Waals surface area contributed by atoms with Gasteiger partial charge >= 0.3 is 0 Å². The number of hydrogen-bond acceptors (Lipinski definition) is 3. The Morgan fingerprint density at radius 1 is 1.35 bits per heavy atom. The third-order valence-corrected chi connectivity index (χ3v) is 4.00. The highest BCUT2D eigenvalue weighted by Crippen LogP contribution is 2.30. The Morgan fingerprint density at radius 2 is 2.10 bits per heavy atom. The number of hydrogen-bond donors (Lipinski definition) is 1. The summed E-state index contributed by atoms with van der Waals surface area (Å²) >= 11 is 0. The van der Waals surface area contributed by atoms with E-state index in [0.29, 0.717) is 5.75 Å². The van der Waals surface area contributed by atoms with E-state index in [1.54, 1.807) is 7.11 Å². The van der Waals surface area contributed by atoms with E-state index in [1.807, 2.05) is 12.1 Å². The topological polar surface area (TPSA) is 38.3 Å². The Hall–Kier alpha value is -1.35. The van der Waals surface area contributed by atoms with Crippen LogP contribution in [0.1, 0.15) is 49.5 Å². The Bertz CT molecular complexity index is 482. The standard InChI is InChI=1S/C17H25NO2/c1-17(2,3)13-7-8-15(20-4)14(10-13)16(19)12-6-5-9-18-11-12/h7-8,10,12,18H,5-6,9,11H2,1-4H3. The van der Waals surface area contributed by atoms with E-state index in [2.05, 4.69) is 32.2 Å². The third kappa shape index (κ3) is 3.21. The van der Waals surface area contributed by atoms with Crippen LogP contribution >= 0.6 is 0 Å². The van der Waals surface area contributed by atoms with Crippen LogP contribution in [0, 0.1) is 5.92 Å². The first-order chi connectivity index (χ1) is 9.43. The van der Waals surface area contributed by atoms with Crippen LogP contribution in [0.5, 0.6) is 5.75 Å². The van der Waals surface area contributed by atoms with Crippen molar-refractivity contribution in [2.45, 2.75) is 39.0 Å². The lowest BCUT2D eigenvalue weighted by molar-refractivity contribution is 0.0896. The van der Waals surface area contributed by atoms with Crippen molar-refractivity contribution in [2.24, 2.45) is 5.92 Å². The summed E-state index contributed by atoms with van der Waals surface area (Å²) in [5, 5.41) is 3.31. The predicted molar refractivity (Wildman–Crippen MR) is 81.6 cm³/mol. The van der Waals surface area contributed by atoms with Gasteiger partial charge in [0.05, 0.1) is 12.7 Å². The largest absolute Gasteiger partial charge is 0.496 e. The zero-order valence-corrected chi connectivity index (χ0v) is 13.0. The fourth-order valence-electron chi connectivity index (χ4n) is 2.66. The lowest BCUT2D eigenvalue weighted by atomic mass is 9.83. The number of benzene rings is 1. The van der Waals surface area contributed by atoms with Crippen LogP contribution in [0.4, 0.5) is 0 Å². The summed E-state index contributed by atoms with van der Waals surface area (Å²) in [5.41, 5.74) is 1.94. The summed E-state index contributed by atoms with van der Waals surface area (Å²) < 4.78 is 5.38. The van der Waals surface area contributed by atoms with Gasteiger partial charge in [-0.2, -0.15) is 0 Å². The number of nitrogens with one attached hydrogen (secondary N) is 1. The molecule has 1 fully saturated rings. The molecule has 0 radical (unpaired) electrons. The SMILES string of the molecule is COc1ccc(C(C)(C)C)cc1C(=O)C1CCCNC1. The number of methoxy groups -OCH3 is 1. The maximum Gasteiger partial charge on any atom is 0.170 e. The average molecular weight is 275 g/mol. The molecule has 1 atom stereocenters. The molecule has 0 aromatic heterocycles. The maximum absolute atomic E-state index is 12.7. The fraction of sp³-hybridized carbons (Fsp3) is 0.588. The Kier molecular flexibility index (Phi) is 4.48. The smallest absolute Gasteiger partial charge is 0.170 e. The molecule has 0 saturated carbocycles. The van der Waals surface area contributed by atoms with Gasteiger partial charge in [-0.1, -0.05) is 26.8 Å². The summed E-state index contributed by atoms with van der Waals surface area (Å²) in [6.45, 7) is 8.27. The monoisotopic (exact) mass is 275 g/mol. The Morgan fingerprint density at radius 3 is 2.65 bits per heavy atom. The molecule has 3 heteroatoms. The molecule has 1 heterocycles. The second kappa shape index (κ2) is 5.96. The lowest BCUT2D eigenvalue weighted by Gasteiger charge is -2.24. The maximum atomic E-state index is 12.7. The molecule has 110 valence electrons. The van der Waals surface area contributed by atoms with Gasteiger partial charge in [0, 0.05) is 12.5 Å². The summed E-state index contributed by atoms with van der Waals surface area (Å²) in [5.74, 6) is 0.974. The van der Waals surface area contributed by atoms with E-state index in [9.17, 15) is 4.79 Å². The second-order valence-corrected chi connectivity index (χ2v) is 6.57. The van der Waals surface area contributed by atoms with Gasteiger partial charge in [0.25, 0.3) is 0 Å². The summed E-state index contributed by atoms with van der Waals surface area (Å²) in [6, 6.07) is 5.98. The molecule has 1 unspecified atom stereocenters. The van der Waals surface area contributed by atoms with Crippen LogP contribution in [0.2, 0.25) is 0 Å². The number of piperidine rings is 1. The van der Waals surface area contributed by atoms with Crippen LogP contribution < -0.4 is 10.1 Å². The second-order valence-electron chi connectivity index (χ2n) is 6.57. The van der Waals surface area contributed by atoms with E-state index in [0.717, 1.165) is 31.5 Å². The molecule has 1 N–H and O–H groups in total. The van der Waals surface area contributed by atoms with Crippen molar-refractivity contribution in [1.82, 2.24) is 5.32 Å². The highest BCUT2D eigenvalue weighted by molar-refractivity contribution is 6.00. The molecule has 2 rings (SSSR count). The van der Waals surface area contributed by atoms with E-state index in [4.69, 9.17) is 4.74 Å². The quantitative estimate of drug-likeness (QED) is 0.861. The zero-order chi connectivity index (χ0) is 14.8. The number of ether oxygens (including phenoxy) is 1. The van der Waals surface area contributed by atoms with Crippen molar-refractivity contribution < 1.29 is 9.53 Å². The van der Waals surface area contributed by atoms with Gasteiger partial charge in [-0.05, 0) is 42.5 Å². The Labute approximate surface area is 121 Å². The number of carbonyl (C=O) groups is 1. The van der Waals surface area contributed by atoms with Gasteiger partial charge in [-0.15, -0.1) is 0 Å². The van der Waals surface area contributed by atoms with Crippen molar-refractivity contribution in [3.05, 3.63) is 29.3 Å². The van der Waals surface area contributed by atoms with E-state index < -0.39 is 0 Å². The average Bonchev–Trinajstić information content (AvgIpc) is 2.45. The van der Waals surface area contributed by atoms with Crippen LogP contribution in [-0.4, -0.2) is 26.0 Å². The van der Waals surface area contributed by atoms with E-state index in [-0.39, 0.29) is 17.1 Å². The molecule has 0 spiro atoms. The molecular weight excluding hydrogens is 250 g/mol. The highest BCUT2D eigenvalue weighted by atomic mass is 16.5. The van der Waals surface area contributed by atoms with Crippen molar-refractivity contribution in [3.8, 4) is 5.75 Å². The minimum atomic E-state index is 0.0338. The van der Waals surface area contributed by atoms with Crippen molar-refractivity contribution >= 4 is 5.78 Å². The first kappa shape index (κ1) is 15.0. The first-order valence-electron chi connectivity index (χ1n) is 7.37. The molecule has 1 saturated heterocycles. The van der Waals surface area contributed by atoms with Gasteiger partial charge in [0.15, 0.2) is 5.78 Å². The van der Waals surface area contributed by atoms with Crippen molar-refractivity contribution in [1.29, 1.82) is 0 Å². The lowest BCUT2D eigenvalue weighted by Crippen LogP contribution is -2.34. The van der Waals surface area contributed by atoms with E-state index >= 15 is 0 Å². The van der Waals surface area contributed by atoms with Crippen LogP contribution in [-0.2, 0) is 5.41 Å². The normalized spacial score (nSPS) is 19.7. The highest BCUT2D eigenvalue weighted by Gasteiger charge is 2.26. The van der Waals surface area contributed by atoms with Crippen LogP contribution in [0.3, 0.4) is 0 Å². The minimum Gasteiger partial charge on any atom is -0.496 e. The van der Waals surface area contributed by atoms with Crippen molar-refractivity contribution in [3.63, 3.8) is 0 Å². The molecule has 0 amide bonds. The molecular formula is C17H25NO2.